The largest absolute Gasteiger partial charge is 0.495 e. The smallest absolute Gasteiger partial charge is 0.261 e. The van der Waals surface area contributed by atoms with Crippen molar-refractivity contribution in [2.24, 2.45) is 0 Å². The molecule has 1 rings (SSSR count). The summed E-state index contributed by atoms with van der Waals surface area (Å²) in [5, 5.41) is 2.46. The van der Waals surface area contributed by atoms with Crippen LogP contribution in [0.25, 0.3) is 0 Å². The quantitative estimate of drug-likeness (QED) is 0.760. The van der Waals surface area contributed by atoms with E-state index < -0.39 is 25.5 Å². The molecule has 0 aliphatic carbocycles. The summed E-state index contributed by atoms with van der Waals surface area (Å²) in [5.41, 5.74) is 6.37. The first-order valence-electron chi connectivity index (χ1n) is 5.12. The maximum Gasteiger partial charge on any atom is 0.261 e. The number of rotatable bonds is 6. The van der Waals surface area contributed by atoms with Gasteiger partial charge in [-0.15, -0.1) is 0 Å². The Kier molecular flexibility index (Phi) is 5.31. The molecular weight excluding hydrogens is 246 g/mol. The van der Waals surface area contributed by atoms with E-state index in [1.165, 1.54) is 13.2 Å². The summed E-state index contributed by atoms with van der Waals surface area (Å²) < 4.78 is 33.1. The maximum absolute atomic E-state index is 11.8. The molecule has 0 bridgehead atoms. The van der Waals surface area contributed by atoms with Crippen molar-refractivity contribution in [1.29, 1.82) is 0 Å². The van der Waals surface area contributed by atoms with Crippen molar-refractivity contribution >= 4 is 17.3 Å². The van der Waals surface area contributed by atoms with E-state index in [-0.39, 0.29) is 0 Å². The molecule has 1 aromatic carbocycles. The molecule has 7 heteroatoms. The number of benzene rings is 1. The molecular formula is C11H14F2N2O3. The number of ether oxygens (including phenoxy) is 2. The zero-order valence-electron chi connectivity index (χ0n) is 9.78. The Morgan fingerprint density at radius 2 is 2.22 bits per heavy atom. The highest BCUT2D eigenvalue weighted by Gasteiger charge is 2.09. The normalized spacial score (nSPS) is 10.4. The van der Waals surface area contributed by atoms with Crippen molar-refractivity contribution in [3.05, 3.63) is 18.2 Å². The van der Waals surface area contributed by atoms with Crippen LogP contribution >= 0.6 is 0 Å². The Labute approximate surface area is 103 Å². The maximum atomic E-state index is 11.8. The van der Waals surface area contributed by atoms with Gasteiger partial charge in [-0.25, -0.2) is 8.78 Å². The lowest BCUT2D eigenvalue weighted by molar-refractivity contribution is -0.121. The van der Waals surface area contributed by atoms with Crippen LogP contribution in [0.4, 0.5) is 20.2 Å². The molecule has 0 saturated carbocycles. The van der Waals surface area contributed by atoms with Crippen molar-refractivity contribution in [3.63, 3.8) is 0 Å². The molecule has 1 amide bonds. The van der Waals surface area contributed by atoms with E-state index in [0.29, 0.717) is 17.1 Å². The number of carbonyl (C=O) groups excluding carboxylic acids is 1. The van der Waals surface area contributed by atoms with Gasteiger partial charge in [0.2, 0.25) is 5.91 Å². The van der Waals surface area contributed by atoms with E-state index in [0.717, 1.165) is 0 Å². The van der Waals surface area contributed by atoms with Crippen LogP contribution in [-0.4, -0.2) is 32.7 Å². The SMILES string of the molecule is COc1ccc(N)cc1NC(=O)COCC(F)F. The average Bonchev–Trinajstić information content (AvgIpc) is 2.28. The summed E-state index contributed by atoms with van der Waals surface area (Å²) in [5.74, 6) is -0.133. The Hall–Kier alpha value is -1.89. The predicted octanol–water partition coefficient (Wildman–Crippen LogP) is 1.50. The summed E-state index contributed by atoms with van der Waals surface area (Å²) in [4.78, 5) is 11.4. The minimum absolute atomic E-state index is 0.364. The highest BCUT2D eigenvalue weighted by atomic mass is 19.3. The fourth-order valence-corrected chi connectivity index (χ4v) is 1.25. The standard InChI is InChI=1S/C11H14F2N2O3/c1-17-9-3-2-7(14)4-8(9)15-11(16)6-18-5-10(12)13/h2-4,10H,5-6,14H2,1H3,(H,15,16). The van der Waals surface area contributed by atoms with E-state index in [1.807, 2.05) is 0 Å². The summed E-state index contributed by atoms with van der Waals surface area (Å²) in [6.07, 6.45) is -2.60. The molecule has 1 aromatic rings. The Morgan fingerprint density at radius 1 is 1.50 bits per heavy atom. The van der Waals surface area contributed by atoms with Gasteiger partial charge in [0.15, 0.2) is 0 Å². The predicted molar refractivity (Wildman–Crippen MR) is 62.9 cm³/mol. The number of hydrogen-bond acceptors (Lipinski definition) is 4. The molecule has 0 atom stereocenters. The van der Waals surface area contributed by atoms with E-state index >= 15 is 0 Å². The second kappa shape index (κ2) is 6.75. The Bertz CT molecular complexity index is 413. The number of anilines is 2. The van der Waals surface area contributed by atoms with E-state index in [1.54, 1.807) is 12.1 Å². The lowest BCUT2D eigenvalue weighted by Crippen LogP contribution is -2.20. The first-order valence-corrected chi connectivity index (χ1v) is 5.12. The molecule has 0 aliphatic rings. The number of halogens is 2. The third-order valence-electron chi connectivity index (χ3n) is 1.97. The molecule has 5 nitrogen and oxygen atoms in total. The molecule has 100 valence electrons. The minimum atomic E-state index is -2.60. The second-order valence-corrected chi connectivity index (χ2v) is 3.41. The molecule has 0 spiro atoms. The molecule has 0 fully saturated rings. The van der Waals surface area contributed by atoms with Gasteiger partial charge in [-0.3, -0.25) is 4.79 Å². The lowest BCUT2D eigenvalue weighted by Gasteiger charge is -2.11. The van der Waals surface area contributed by atoms with Crippen molar-refractivity contribution in [2.75, 3.05) is 31.4 Å². The zero-order valence-corrected chi connectivity index (χ0v) is 9.78. The highest BCUT2D eigenvalue weighted by Crippen LogP contribution is 2.26. The molecule has 18 heavy (non-hydrogen) atoms. The third kappa shape index (κ3) is 4.54. The molecule has 0 heterocycles. The number of carbonyl (C=O) groups is 1. The van der Waals surface area contributed by atoms with Gasteiger partial charge in [-0.2, -0.15) is 0 Å². The number of hydrogen-bond donors (Lipinski definition) is 2. The van der Waals surface area contributed by atoms with Crippen molar-refractivity contribution < 1.29 is 23.0 Å². The van der Waals surface area contributed by atoms with Crippen LogP contribution in [-0.2, 0) is 9.53 Å². The number of nitrogens with one attached hydrogen (secondary N) is 1. The second-order valence-electron chi connectivity index (χ2n) is 3.41. The van der Waals surface area contributed by atoms with Crippen LogP contribution in [0.1, 0.15) is 0 Å². The van der Waals surface area contributed by atoms with Gasteiger partial charge in [0, 0.05) is 5.69 Å². The Morgan fingerprint density at radius 3 is 2.83 bits per heavy atom. The first-order chi connectivity index (χ1) is 8.52. The van der Waals surface area contributed by atoms with E-state index in [4.69, 9.17) is 10.5 Å². The fraction of sp³-hybridized carbons (Fsp3) is 0.364. The van der Waals surface area contributed by atoms with E-state index in [9.17, 15) is 13.6 Å². The summed E-state index contributed by atoms with van der Waals surface area (Å²) >= 11 is 0. The molecule has 0 aromatic heterocycles. The van der Waals surface area contributed by atoms with Gasteiger partial charge in [-0.05, 0) is 18.2 Å². The van der Waals surface area contributed by atoms with Crippen LogP contribution in [0, 0.1) is 0 Å². The summed E-state index contributed by atoms with van der Waals surface area (Å²) in [7, 11) is 1.44. The lowest BCUT2D eigenvalue weighted by atomic mass is 10.2. The van der Waals surface area contributed by atoms with Gasteiger partial charge in [0.25, 0.3) is 6.43 Å². The Balaban J connectivity index is 2.55. The van der Waals surface area contributed by atoms with Gasteiger partial charge in [0.05, 0.1) is 12.8 Å². The van der Waals surface area contributed by atoms with Gasteiger partial charge in [-0.1, -0.05) is 0 Å². The van der Waals surface area contributed by atoms with Gasteiger partial charge >= 0.3 is 0 Å². The first kappa shape index (κ1) is 14.2. The number of methoxy groups -OCH3 is 1. The van der Waals surface area contributed by atoms with Crippen molar-refractivity contribution in [2.45, 2.75) is 6.43 Å². The number of amides is 1. The van der Waals surface area contributed by atoms with Gasteiger partial charge < -0.3 is 20.5 Å². The van der Waals surface area contributed by atoms with Crippen molar-refractivity contribution in [3.8, 4) is 5.75 Å². The topological polar surface area (TPSA) is 73.6 Å². The molecule has 0 aliphatic heterocycles. The summed E-state index contributed by atoms with van der Waals surface area (Å²) in [6, 6.07) is 4.70. The molecule has 0 radical (unpaired) electrons. The zero-order chi connectivity index (χ0) is 13.5. The molecule has 3 N–H and O–H groups in total. The molecule has 0 saturated heterocycles. The highest BCUT2D eigenvalue weighted by molar-refractivity contribution is 5.93. The van der Waals surface area contributed by atoms with Gasteiger partial charge in [0.1, 0.15) is 19.0 Å². The van der Waals surface area contributed by atoms with Crippen LogP contribution in [0.15, 0.2) is 18.2 Å². The number of nitrogen functional groups attached to an aromatic ring is 1. The van der Waals surface area contributed by atoms with E-state index in [2.05, 4.69) is 10.1 Å². The van der Waals surface area contributed by atoms with Crippen LogP contribution in [0.5, 0.6) is 5.75 Å². The van der Waals surface area contributed by atoms with Crippen LogP contribution in [0.3, 0.4) is 0 Å². The minimum Gasteiger partial charge on any atom is -0.495 e. The number of nitrogens with two attached hydrogens (primary N) is 1. The number of alkyl halides is 2. The van der Waals surface area contributed by atoms with Crippen LogP contribution in [0.2, 0.25) is 0 Å². The monoisotopic (exact) mass is 260 g/mol. The van der Waals surface area contributed by atoms with Crippen LogP contribution < -0.4 is 15.8 Å². The molecule has 0 unspecified atom stereocenters. The average molecular weight is 260 g/mol. The fourth-order valence-electron chi connectivity index (χ4n) is 1.25. The van der Waals surface area contributed by atoms with Crippen molar-refractivity contribution in [1.82, 2.24) is 0 Å². The third-order valence-corrected chi connectivity index (χ3v) is 1.97. The summed E-state index contributed by atoms with van der Waals surface area (Å²) in [6.45, 7) is -1.23.